The molecule has 1 saturated heterocycles. The summed E-state index contributed by atoms with van der Waals surface area (Å²) in [4.78, 5) is 43.1. The zero-order valence-electron chi connectivity index (χ0n) is 16.1. The second-order valence-electron chi connectivity index (χ2n) is 6.85. The summed E-state index contributed by atoms with van der Waals surface area (Å²) in [5.74, 6) is 0.00993. The number of hydrogen-bond acceptors (Lipinski definition) is 8. The number of para-hydroxylation sites is 1. The molecule has 0 atom stereocenters. The van der Waals surface area contributed by atoms with Crippen LogP contribution in [0.1, 0.15) is 19.3 Å². The van der Waals surface area contributed by atoms with Gasteiger partial charge < -0.3 is 4.90 Å². The first-order valence-electron chi connectivity index (χ1n) is 9.58. The number of likely N-dealkylation sites (tertiary alicyclic amines) is 1. The van der Waals surface area contributed by atoms with Crippen LogP contribution in [0.4, 0.5) is 5.13 Å². The summed E-state index contributed by atoms with van der Waals surface area (Å²) in [6.45, 7) is 1.46. The Morgan fingerprint density at radius 1 is 1.13 bits per heavy atom. The number of carbonyl (C=O) groups is 2. The zero-order valence-corrected chi connectivity index (χ0v) is 17.7. The third-order valence-corrected chi connectivity index (χ3v) is 6.68. The van der Waals surface area contributed by atoms with Gasteiger partial charge in [0.15, 0.2) is 4.34 Å². The molecule has 1 aliphatic heterocycles. The molecule has 0 saturated carbocycles. The molecule has 1 fully saturated rings. The molecule has 156 valence electrons. The van der Waals surface area contributed by atoms with Gasteiger partial charge in [-0.05, 0) is 31.4 Å². The number of piperidine rings is 1. The summed E-state index contributed by atoms with van der Waals surface area (Å²) < 4.78 is 1.87. The highest BCUT2D eigenvalue weighted by Crippen LogP contribution is 2.26. The van der Waals surface area contributed by atoms with Crippen molar-refractivity contribution in [2.75, 3.05) is 24.2 Å². The SMILES string of the molecule is O=C(Cn1cnc2ccccc2c1=O)Nc1nnc(SCC(=O)N2CCCCC2)s1. The second-order valence-corrected chi connectivity index (χ2v) is 9.05. The fourth-order valence-electron chi connectivity index (χ4n) is 3.21. The largest absolute Gasteiger partial charge is 0.342 e. The fraction of sp³-hybridized carbons (Fsp3) is 0.368. The van der Waals surface area contributed by atoms with Crippen LogP contribution in [-0.2, 0) is 16.1 Å². The highest BCUT2D eigenvalue weighted by atomic mass is 32.2. The average Bonchev–Trinajstić information content (AvgIpc) is 3.22. The van der Waals surface area contributed by atoms with Gasteiger partial charge in [0.05, 0.1) is 23.0 Å². The van der Waals surface area contributed by atoms with Gasteiger partial charge in [0, 0.05) is 13.1 Å². The van der Waals surface area contributed by atoms with Crippen LogP contribution in [0.3, 0.4) is 0 Å². The molecule has 1 N–H and O–H groups in total. The second kappa shape index (κ2) is 9.35. The normalized spacial score (nSPS) is 14.1. The van der Waals surface area contributed by atoms with E-state index >= 15 is 0 Å². The van der Waals surface area contributed by atoms with E-state index in [1.54, 1.807) is 24.3 Å². The van der Waals surface area contributed by atoms with E-state index in [9.17, 15) is 14.4 Å². The number of fused-ring (bicyclic) bond motifs is 1. The zero-order chi connectivity index (χ0) is 20.9. The first-order valence-corrected chi connectivity index (χ1v) is 11.4. The van der Waals surface area contributed by atoms with Crippen LogP contribution in [-0.4, -0.2) is 55.3 Å². The van der Waals surface area contributed by atoms with Gasteiger partial charge in [-0.2, -0.15) is 0 Å². The molecular formula is C19H20N6O3S2. The molecule has 0 aliphatic carbocycles. The number of aromatic nitrogens is 4. The Kier molecular flexibility index (Phi) is 6.38. The Morgan fingerprint density at radius 3 is 2.77 bits per heavy atom. The van der Waals surface area contributed by atoms with Gasteiger partial charge >= 0.3 is 0 Å². The average molecular weight is 445 g/mol. The van der Waals surface area contributed by atoms with Crippen LogP contribution in [0.15, 0.2) is 39.7 Å². The standard InChI is InChI=1S/C19H20N6O3S2/c26-15(10-25-12-20-14-7-3-2-6-13(14)17(25)28)21-18-22-23-19(30-18)29-11-16(27)24-8-4-1-5-9-24/h2-3,6-7,12H,1,4-5,8-11H2,(H,21,22,26). The molecule has 3 heterocycles. The maximum atomic E-state index is 12.5. The lowest BCUT2D eigenvalue weighted by atomic mass is 10.1. The summed E-state index contributed by atoms with van der Waals surface area (Å²) in [6, 6.07) is 6.99. The smallest absolute Gasteiger partial charge is 0.261 e. The molecule has 4 rings (SSSR count). The molecule has 11 heteroatoms. The summed E-state index contributed by atoms with van der Waals surface area (Å²) in [5, 5.41) is 11.4. The third-order valence-electron chi connectivity index (χ3n) is 4.73. The Bertz CT molecular complexity index is 1120. The van der Waals surface area contributed by atoms with Crippen molar-refractivity contribution in [3.05, 3.63) is 40.9 Å². The van der Waals surface area contributed by atoms with Crippen LogP contribution in [0.25, 0.3) is 10.9 Å². The molecule has 9 nitrogen and oxygen atoms in total. The molecule has 2 amide bonds. The molecule has 0 unspecified atom stereocenters. The number of anilines is 1. The van der Waals surface area contributed by atoms with E-state index in [4.69, 9.17) is 0 Å². The summed E-state index contributed by atoms with van der Waals surface area (Å²) in [6.07, 6.45) is 4.65. The van der Waals surface area contributed by atoms with Gasteiger partial charge in [-0.15, -0.1) is 10.2 Å². The van der Waals surface area contributed by atoms with Gasteiger partial charge in [0.25, 0.3) is 5.56 Å². The Morgan fingerprint density at radius 2 is 1.93 bits per heavy atom. The first kappa shape index (κ1) is 20.5. The molecular weight excluding hydrogens is 424 g/mol. The van der Waals surface area contributed by atoms with E-state index in [2.05, 4.69) is 20.5 Å². The van der Waals surface area contributed by atoms with Crippen molar-refractivity contribution in [3.63, 3.8) is 0 Å². The number of amides is 2. The minimum absolute atomic E-state index is 0.101. The maximum absolute atomic E-state index is 12.5. The molecule has 2 aromatic heterocycles. The van der Waals surface area contributed by atoms with Crippen molar-refractivity contribution >= 4 is 50.9 Å². The van der Waals surface area contributed by atoms with E-state index in [-0.39, 0.29) is 18.0 Å². The van der Waals surface area contributed by atoms with Crippen molar-refractivity contribution in [2.24, 2.45) is 0 Å². The van der Waals surface area contributed by atoms with Crippen molar-refractivity contribution < 1.29 is 9.59 Å². The van der Waals surface area contributed by atoms with Gasteiger partial charge in [-0.3, -0.25) is 24.3 Å². The lowest BCUT2D eigenvalue weighted by molar-refractivity contribution is -0.129. The number of carbonyl (C=O) groups excluding carboxylic acids is 2. The maximum Gasteiger partial charge on any atom is 0.261 e. The van der Waals surface area contributed by atoms with E-state index in [1.807, 2.05) is 4.90 Å². The van der Waals surface area contributed by atoms with Crippen LogP contribution >= 0.6 is 23.1 Å². The molecule has 1 aliphatic rings. The van der Waals surface area contributed by atoms with Crippen molar-refractivity contribution in [3.8, 4) is 0 Å². The lowest BCUT2D eigenvalue weighted by Gasteiger charge is -2.26. The first-order chi connectivity index (χ1) is 14.6. The molecule has 0 spiro atoms. The van der Waals surface area contributed by atoms with E-state index in [0.29, 0.717) is 26.1 Å². The van der Waals surface area contributed by atoms with Crippen LogP contribution in [0, 0.1) is 0 Å². The number of nitrogens with one attached hydrogen (secondary N) is 1. The van der Waals surface area contributed by atoms with Crippen LogP contribution in [0.5, 0.6) is 0 Å². The molecule has 0 radical (unpaired) electrons. The highest BCUT2D eigenvalue weighted by molar-refractivity contribution is 8.01. The minimum atomic E-state index is -0.397. The van der Waals surface area contributed by atoms with Gasteiger partial charge in [0.1, 0.15) is 6.54 Å². The monoisotopic (exact) mass is 444 g/mol. The Labute approximate surface area is 180 Å². The molecule has 0 bridgehead atoms. The van der Waals surface area contributed by atoms with Crippen LogP contribution in [0.2, 0.25) is 0 Å². The highest BCUT2D eigenvalue weighted by Gasteiger charge is 2.18. The molecule has 30 heavy (non-hydrogen) atoms. The van der Waals surface area contributed by atoms with E-state index in [1.165, 1.54) is 40.4 Å². The predicted molar refractivity (Wildman–Crippen MR) is 116 cm³/mol. The third kappa shape index (κ3) is 4.85. The number of thioether (sulfide) groups is 1. The number of nitrogens with zero attached hydrogens (tertiary/aromatic N) is 5. The topological polar surface area (TPSA) is 110 Å². The number of rotatable bonds is 6. The van der Waals surface area contributed by atoms with Gasteiger partial charge in [-0.25, -0.2) is 4.98 Å². The summed E-state index contributed by atoms with van der Waals surface area (Å²) in [7, 11) is 0. The van der Waals surface area contributed by atoms with Crippen LogP contribution < -0.4 is 10.9 Å². The quantitative estimate of drug-likeness (QED) is 0.457. The molecule has 3 aromatic rings. The fourth-order valence-corrected chi connectivity index (χ4v) is 4.88. The van der Waals surface area contributed by atoms with E-state index < -0.39 is 5.91 Å². The van der Waals surface area contributed by atoms with E-state index in [0.717, 1.165) is 25.9 Å². The number of hydrogen-bond donors (Lipinski definition) is 1. The molecule has 1 aromatic carbocycles. The van der Waals surface area contributed by atoms with Gasteiger partial charge in [0.2, 0.25) is 16.9 Å². The summed E-state index contributed by atoms with van der Waals surface area (Å²) in [5.41, 5.74) is 0.310. The minimum Gasteiger partial charge on any atom is -0.342 e. The summed E-state index contributed by atoms with van der Waals surface area (Å²) >= 11 is 2.52. The Hall–Kier alpha value is -2.79. The van der Waals surface area contributed by atoms with Crippen molar-refractivity contribution in [1.29, 1.82) is 0 Å². The van der Waals surface area contributed by atoms with Crippen molar-refractivity contribution in [2.45, 2.75) is 30.1 Å². The predicted octanol–water partition coefficient (Wildman–Crippen LogP) is 1.99. The Balaban J connectivity index is 1.32. The lowest BCUT2D eigenvalue weighted by Crippen LogP contribution is -2.36. The van der Waals surface area contributed by atoms with Crippen molar-refractivity contribution in [1.82, 2.24) is 24.6 Å². The number of benzene rings is 1. The van der Waals surface area contributed by atoms with Gasteiger partial charge in [-0.1, -0.05) is 35.2 Å².